The van der Waals surface area contributed by atoms with Crippen LogP contribution < -0.4 is 25.0 Å². The van der Waals surface area contributed by atoms with Gasteiger partial charge in [0, 0.05) is 19.2 Å². The van der Waals surface area contributed by atoms with Crippen molar-refractivity contribution in [3.05, 3.63) is 30.3 Å². The van der Waals surface area contributed by atoms with Crippen molar-refractivity contribution in [1.82, 2.24) is 9.97 Å². The van der Waals surface area contributed by atoms with Crippen LogP contribution >= 0.6 is 0 Å². The van der Waals surface area contributed by atoms with Crippen LogP contribution in [0.2, 0.25) is 0 Å². The molecule has 2 N–H and O–H groups in total. The van der Waals surface area contributed by atoms with Gasteiger partial charge in [0.15, 0.2) is 11.5 Å². The minimum Gasteiger partial charge on any atom is -0.493 e. The number of hydrogen-bond acceptors (Lipinski definition) is 8. The average molecular weight is 357 g/mol. The van der Waals surface area contributed by atoms with E-state index in [4.69, 9.17) is 19.9 Å². The second-order valence-corrected chi connectivity index (χ2v) is 6.34. The Balaban J connectivity index is 1.41. The molecule has 26 heavy (non-hydrogen) atoms. The number of hydrogen-bond donors (Lipinski definition) is 1. The number of methoxy groups -OCH3 is 1. The molecule has 8 nitrogen and oxygen atoms in total. The summed E-state index contributed by atoms with van der Waals surface area (Å²) in [4.78, 5) is 13.1. The molecule has 0 unspecified atom stereocenters. The third-order valence-corrected chi connectivity index (χ3v) is 4.59. The number of nitrogen functional groups attached to an aromatic ring is 1. The second-order valence-electron chi connectivity index (χ2n) is 6.34. The van der Waals surface area contributed by atoms with E-state index in [0.29, 0.717) is 13.2 Å². The normalized spacial score (nSPS) is 17.7. The fourth-order valence-electron chi connectivity index (χ4n) is 3.15. The van der Waals surface area contributed by atoms with Crippen molar-refractivity contribution in [2.75, 3.05) is 62.0 Å². The highest BCUT2D eigenvalue weighted by molar-refractivity contribution is 5.55. The van der Waals surface area contributed by atoms with Gasteiger partial charge in [-0.1, -0.05) is 12.1 Å². The molecular formula is C18H23N5O3. The van der Waals surface area contributed by atoms with Gasteiger partial charge in [-0.3, -0.25) is 0 Å². The quantitative estimate of drug-likeness (QED) is 0.854. The summed E-state index contributed by atoms with van der Waals surface area (Å²) in [6.45, 7) is 4.54. The minimum absolute atomic E-state index is 0.0920. The molecule has 0 bridgehead atoms. The standard InChI is InChI=1S/C18H23N5O3/c1-24-14-4-2-3-5-15(14)26-13-11-23(12-13)17-10-16(20-18(19)21-17)22-6-8-25-9-7-22/h2-5,10,13H,6-9,11-12H2,1H3,(H2,19,20,21). The maximum Gasteiger partial charge on any atom is 0.223 e. The lowest BCUT2D eigenvalue weighted by Gasteiger charge is -2.40. The highest BCUT2D eigenvalue weighted by Crippen LogP contribution is 2.30. The molecule has 0 radical (unpaired) electrons. The van der Waals surface area contributed by atoms with Gasteiger partial charge in [0.2, 0.25) is 5.95 Å². The van der Waals surface area contributed by atoms with Crippen molar-refractivity contribution in [1.29, 1.82) is 0 Å². The maximum atomic E-state index is 6.03. The summed E-state index contributed by atoms with van der Waals surface area (Å²) in [5.74, 6) is 3.48. The zero-order valence-corrected chi connectivity index (χ0v) is 14.8. The third kappa shape index (κ3) is 3.45. The molecule has 4 rings (SSSR count). The average Bonchev–Trinajstić information content (AvgIpc) is 2.65. The van der Waals surface area contributed by atoms with Crippen LogP contribution in [0.5, 0.6) is 11.5 Å². The molecule has 0 saturated carbocycles. The first-order valence-electron chi connectivity index (χ1n) is 8.75. The predicted molar refractivity (Wildman–Crippen MR) is 99.1 cm³/mol. The van der Waals surface area contributed by atoms with Gasteiger partial charge in [-0.2, -0.15) is 9.97 Å². The summed E-state index contributed by atoms with van der Waals surface area (Å²) in [5, 5.41) is 0. The number of benzene rings is 1. The van der Waals surface area contributed by atoms with E-state index in [1.165, 1.54) is 0 Å². The second kappa shape index (κ2) is 7.25. The van der Waals surface area contributed by atoms with Gasteiger partial charge >= 0.3 is 0 Å². The van der Waals surface area contributed by atoms with Crippen LogP contribution in [0, 0.1) is 0 Å². The SMILES string of the molecule is COc1ccccc1OC1CN(c2cc(N3CCOCC3)nc(N)n2)C1. The van der Waals surface area contributed by atoms with Gasteiger partial charge in [0.1, 0.15) is 17.7 Å². The van der Waals surface area contributed by atoms with Crippen molar-refractivity contribution in [2.45, 2.75) is 6.10 Å². The summed E-state index contributed by atoms with van der Waals surface area (Å²) >= 11 is 0. The molecule has 1 aromatic carbocycles. The Bertz CT molecular complexity index is 760. The van der Waals surface area contributed by atoms with Crippen LogP contribution in [0.3, 0.4) is 0 Å². The Kier molecular flexibility index (Phi) is 4.66. The topological polar surface area (TPSA) is 86.0 Å². The van der Waals surface area contributed by atoms with E-state index in [2.05, 4.69) is 19.8 Å². The molecule has 3 heterocycles. The molecule has 0 aliphatic carbocycles. The van der Waals surface area contributed by atoms with E-state index in [1.807, 2.05) is 30.3 Å². The zero-order chi connectivity index (χ0) is 17.9. The van der Waals surface area contributed by atoms with Gasteiger partial charge in [0.05, 0.1) is 33.4 Å². The van der Waals surface area contributed by atoms with Gasteiger partial charge in [-0.25, -0.2) is 0 Å². The Labute approximate surface area is 152 Å². The maximum absolute atomic E-state index is 6.03. The fourth-order valence-corrected chi connectivity index (χ4v) is 3.15. The Morgan fingerprint density at radius 2 is 1.69 bits per heavy atom. The van der Waals surface area contributed by atoms with Crippen molar-refractivity contribution < 1.29 is 14.2 Å². The molecule has 1 aromatic heterocycles. The summed E-state index contributed by atoms with van der Waals surface area (Å²) < 4.78 is 16.8. The largest absolute Gasteiger partial charge is 0.493 e. The molecule has 2 aliphatic rings. The highest BCUT2D eigenvalue weighted by atomic mass is 16.5. The van der Waals surface area contributed by atoms with Crippen LogP contribution in [0.1, 0.15) is 0 Å². The number of aromatic nitrogens is 2. The first kappa shape index (κ1) is 16.7. The molecule has 2 aromatic rings. The highest BCUT2D eigenvalue weighted by Gasteiger charge is 2.31. The molecule has 0 amide bonds. The summed E-state index contributed by atoms with van der Waals surface area (Å²) in [5.41, 5.74) is 5.92. The summed E-state index contributed by atoms with van der Waals surface area (Å²) in [6, 6.07) is 9.66. The van der Waals surface area contributed by atoms with Crippen LogP contribution in [0.25, 0.3) is 0 Å². The van der Waals surface area contributed by atoms with Crippen molar-refractivity contribution in [3.63, 3.8) is 0 Å². The van der Waals surface area contributed by atoms with E-state index in [9.17, 15) is 0 Å². The van der Waals surface area contributed by atoms with Gasteiger partial charge in [0.25, 0.3) is 0 Å². The summed E-state index contributed by atoms with van der Waals surface area (Å²) in [6.07, 6.45) is 0.0920. The monoisotopic (exact) mass is 357 g/mol. The minimum atomic E-state index is 0.0920. The van der Waals surface area contributed by atoms with E-state index < -0.39 is 0 Å². The van der Waals surface area contributed by atoms with Crippen molar-refractivity contribution in [2.24, 2.45) is 0 Å². The molecule has 138 valence electrons. The Hall–Kier alpha value is -2.74. The first-order valence-corrected chi connectivity index (χ1v) is 8.75. The molecular weight excluding hydrogens is 334 g/mol. The zero-order valence-electron chi connectivity index (χ0n) is 14.8. The smallest absolute Gasteiger partial charge is 0.223 e. The summed E-state index contributed by atoms with van der Waals surface area (Å²) in [7, 11) is 1.64. The molecule has 2 aliphatic heterocycles. The van der Waals surface area contributed by atoms with Gasteiger partial charge in [-0.15, -0.1) is 0 Å². The lowest BCUT2D eigenvalue weighted by atomic mass is 10.1. The van der Waals surface area contributed by atoms with Crippen molar-refractivity contribution >= 4 is 17.6 Å². The van der Waals surface area contributed by atoms with Crippen LogP contribution in [-0.4, -0.2) is 62.6 Å². The molecule has 8 heteroatoms. The predicted octanol–water partition coefficient (Wildman–Crippen LogP) is 1.17. The number of nitrogens with zero attached hydrogens (tertiary/aromatic N) is 4. The number of morpholine rings is 1. The number of para-hydroxylation sites is 2. The van der Waals surface area contributed by atoms with Crippen LogP contribution in [-0.2, 0) is 4.74 Å². The lowest BCUT2D eigenvalue weighted by molar-refractivity contribution is 0.122. The third-order valence-electron chi connectivity index (χ3n) is 4.59. The van der Waals surface area contributed by atoms with Crippen molar-refractivity contribution in [3.8, 4) is 11.5 Å². The van der Waals surface area contributed by atoms with E-state index in [1.54, 1.807) is 7.11 Å². The molecule has 2 saturated heterocycles. The van der Waals surface area contributed by atoms with Crippen LogP contribution in [0.4, 0.5) is 17.6 Å². The molecule has 0 spiro atoms. The lowest BCUT2D eigenvalue weighted by Crippen LogP contribution is -2.54. The number of ether oxygens (including phenoxy) is 3. The van der Waals surface area contributed by atoms with E-state index >= 15 is 0 Å². The molecule has 2 fully saturated rings. The van der Waals surface area contributed by atoms with Gasteiger partial charge < -0.3 is 29.7 Å². The Morgan fingerprint density at radius 3 is 2.38 bits per heavy atom. The fraction of sp³-hybridized carbons (Fsp3) is 0.444. The van der Waals surface area contributed by atoms with Crippen LogP contribution in [0.15, 0.2) is 30.3 Å². The number of rotatable bonds is 5. The van der Waals surface area contributed by atoms with E-state index in [-0.39, 0.29) is 12.1 Å². The number of nitrogens with two attached hydrogens (primary N) is 1. The number of anilines is 3. The van der Waals surface area contributed by atoms with E-state index in [0.717, 1.165) is 49.3 Å². The Morgan fingerprint density at radius 1 is 1.04 bits per heavy atom. The molecule has 0 atom stereocenters. The first-order chi connectivity index (χ1) is 12.7. The van der Waals surface area contributed by atoms with Gasteiger partial charge in [-0.05, 0) is 12.1 Å².